The minimum Gasteiger partial charge on any atom is -0.361 e. The van der Waals surface area contributed by atoms with Gasteiger partial charge < -0.3 is 9.30 Å². The normalized spacial score (nSPS) is 12.0. The van der Waals surface area contributed by atoms with E-state index >= 15 is 0 Å². The maximum absolute atomic E-state index is 5.82. The van der Waals surface area contributed by atoms with Crippen molar-refractivity contribution in [2.75, 3.05) is 6.61 Å². The molecule has 5 nitrogen and oxygen atoms in total. The zero-order valence-electron chi connectivity index (χ0n) is 13.9. The highest BCUT2D eigenvalue weighted by Crippen LogP contribution is 2.18. The van der Waals surface area contributed by atoms with Crippen molar-refractivity contribution < 1.29 is 4.74 Å². The number of hydrogen-bond acceptors (Lipinski definition) is 4. The molecule has 120 valence electrons. The van der Waals surface area contributed by atoms with Gasteiger partial charge in [0.15, 0.2) is 11.5 Å². The summed E-state index contributed by atoms with van der Waals surface area (Å²) in [5.41, 5.74) is 1.55. The molecule has 0 saturated heterocycles. The third kappa shape index (κ3) is 4.03. The van der Waals surface area contributed by atoms with Gasteiger partial charge in [0.05, 0.1) is 0 Å². The molecule has 3 aromatic rings. The average molecular weight is 326 g/mol. The zero-order valence-corrected chi connectivity index (χ0v) is 14.9. The molecule has 0 aromatic carbocycles. The molecule has 23 heavy (non-hydrogen) atoms. The number of fused-ring (bicyclic) bond motifs is 1. The summed E-state index contributed by atoms with van der Waals surface area (Å²) in [5.74, 6) is 0.811. The van der Waals surface area contributed by atoms with Gasteiger partial charge in [0, 0.05) is 38.7 Å². The van der Waals surface area contributed by atoms with E-state index in [1.165, 1.54) is 0 Å². The minimum absolute atomic E-state index is 0.502. The molecular formula is C17H22N4OSi. The second kappa shape index (κ2) is 6.60. The van der Waals surface area contributed by atoms with Crippen molar-refractivity contribution in [3.8, 4) is 11.5 Å². The Bertz CT molecular complexity index is 794. The molecule has 0 fully saturated rings. The third-order valence-electron chi connectivity index (χ3n) is 3.64. The molecule has 3 aromatic heterocycles. The first kappa shape index (κ1) is 15.8. The van der Waals surface area contributed by atoms with E-state index in [2.05, 4.69) is 34.6 Å². The van der Waals surface area contributed by atoms with E-state index in [9.17, 15) is 0 Å². The van der Waals surface area contributed by atoms with Crippen LogP contribution >= 0.6 is 0 Å². The van der Waals surface area contributed by atoms with Crippen LogP contribution in [0.2, 0.25) is 25.7 Å². The number of hydrogen-bond donors (Lipinski definition) is 0. The largest absolute Gasteiger partial charge is 0.361 e. The first-order chi connectivity index (χ1) is 11.0. The van der Waals surface area contributed by atoms with E-state index in [4.69, 9.17) is 4.74 Å². The van der Waals surface area contributed by atoms with E-state index in [0.29, 0.717) is 6.73 Å². The summed E-state index contributed by atoms with van der Waals surface area (Å²) >= 11 is 0. The Balaban J connectivity index is 1.74. The average Bonchev–Trinajstić information content (AvgIpc) is 2.98. The Labute approximate surface area is 137 Å². The smallest absolute Gasteiger partial charge is 0.160 e. The van der Waals surface area contributed by atoms with Gasteiger partial charge in [-0.1, -0.05) is 19.6 Å². The van der Waals surface area contributed by atoms with Gasteiger partial charge in [0.2, 0.25) is 0 Å². The summed E-state index contributed by atoms with van der Waals surface area (Å²) in [5, 5.41) is 1.03. The molecule has 0 saturated carbocycles. The second-order valence-corrected chi connectivity index (χ2v) is 12.4. The van der Waals surface area contributed by atoms with Gasteiger partial charge in [-0.15, -0.1) is 0 Å². The van der Waals surface area contributed by atoms with Crippen molar-refractivity contribution >= 4 is 19.1 Å². The van der Waals surface area contributed by atoms with E-state index in [1.54, 1.807) is 12.4 Å². The minimum atomic E-state index is -1.06. The molecule has 0 amide bonds. The van der Waals surface area contributed by atoms with Crippen molar-refractivity contribution in [1.29, 1.82) is 0 Å². The molecule has 0 atom stereocenters. The Morgan fingerprint density at radius 3 is 2.78 bits per heavy atom. The molecule has 0 unspecified atom stereocenters. The summed E-state index contributed by atoms with van der Waals surface area (Å²) in [4.78, 5) is 13.3. The van der Waals surface area contributed by atoms with Gasteiger partial charge >= 0.3 is 0 Å². The zero-order chi connectivity index (χ0) is 16.3. The van der Waals surface area contributed by atoms with E-state index in [0.717, 1.165) is 35.2 Å². The number of imidazole rings is 1. The lowest BCUT2D eigenvalue weighted by molar-refractivity contribution is 0.0882. The van der Waals surface area contributed by atoms with Crippen molar-refractivity contribution in [3.05, 3.63) is 42.9 Å². The first-order valence-corrected chi connectivity index (χ1v) is 11.5. The summed E-state index contributed by atoms with van der Waals surface area (Å²) in [6, 6.07) is 9.08. The molecule has 0 radical (unpaired) electrons. The summed E-state index contributed by atoms with van der Waals surface area (Å²) in [7, 11) is -1.06. The highest BCUT2D eigenvalue weighted by atomic mass is 28.3. The van der Waals surface area contributed by atoms with E-state index < -0.39 is 8.07 Å². The molecule has 3 rings (SSSR count). The molecular weight excluding hydrogens is 304 g/mol. The van der Waals surface area contributed by atoms with Crippen molar-refractivity contribution in [2.24, 2.45) is 0 Å². The van der Waals surface area contributed by atoms with Crippen LogP contribution in [0.3, 0.4) is 0 Å². The van der Waals surface area contributed by atoms with Crippen LogP contribution < -0.4 is 0 Å². The van der Waals surface area contributed by atoms with Gasteiger partial charge in [-0.3, -0.25) is 0 Å². The number of ether oxygens (including phenoxy) is 1. The summed E-state index contributed by atoms with van der Waals surface area (Å²) in [6.07, 6.45) is 5.46. The highest BCUT2D eigenvalue weighted by molar-refractivity contribution is 6.76. The predicted molar refractivity (Wildman–Crippen MR) is 94.9 cm³/mol. The first-order valence-electron chi connectivity index (χ1n) is 7.84. The van der Waals surface area contributed by atoms with Crippen LogP contribution in [-0.2, 0) is 11.5 Å². The Kier molecular flexibility index (Phi) is 4.54. The topological polar surface area (TPSA) is 52.8 Å². The van der Waals surface area contributed by atoms with E-state index in [-0.39, 0.29) is 0 Å². The maximum atomic E-state index is 5.82. The molecule has 3 heterocycles. The second-order valence-electron chi connectivity index (χ2n) is 6.82. The Morgan fingerprint density at radius 1 is 1.09 bits per heavy atom. The summed E-state index contributed by atoms with van der Waals surface area (Å²) in [6.45, 7) is 8.35. The highest BCUT2D eigenvalue weighted by Gasteiger charge is 2.13. The molecule has 0 spiro atoms. The van der Waals surface area contributed by atoms with Crippen LogP contribution in [0.25, 0.3) is 22.6 Å². The van der Waals surface area contributed by atoms with Crippen molar-refractivity contribution in [2.45, 2.75) is 32.4 Å². The van der Waals surface area contributed by atoms with Gasteiger partial charge in [-0.05, 0) is 30.3 Å². The lowest BCUT2D eigenvalue weighted by Gasteiger charge is -2.16. The van der Waals surface area contributed by atoms with Crippen LogP contribution in [0.4, 0.5) is 0 Å². The fourth-order valence-electron chi connectivity index (χ4n) is 2.27. The Hall–Kier alpha value is -2.05. The predicted octanol–water partition coefficient (Wildman–Crippen LogP) is 3.81. The van der Waals surface area contributed by atoms with Crippen molar-refractivity contribution in [1.82, 2.24) is 19.5 Å². The van der Waals surface area contributed by atoms with Gasteiger partial charge in [-0.2, -0.15) is 0 Å². The standard InChI is InChI=1S/C17H22N4OSi/c1-23(2,3)12-11-22-13-21-10-9-19-17(21)15-7-6-14-5-4-8-18-16(14)20-15/h4-10H,11-13H2,1-3H3. The molecule has 0 aliphatic heterocycles. The van der Waals surface area contributed by atoms with Crippen LogP contribution in [0.5, 0.6) is 0 Å². The van der Waals surface area contributed by atoms with Crippen LogP contribution in [-0.4, -0.2) is 34.2 Å². The van der Waals surface area contributed by atoms with Crippen molar-refractivity contribution in [3.63, 3.8) is 0 Å². The summed E-state index contributed by atoms with van der Waals surface area (Å²) < 4.78 is 7.81. The number of nitrogens with zero attached hydrogens (tertiary/aromatic N) is 4. The lowest BCUT2D eigenvalue weighted by Crippen LogP contribution is -2.22. The van der Waals surface area contributed by atoms with Gasteiger partial charge in [-0.25, -0.2) is 15.0 Å². The molecule has 0 bridgehead atoms. The van der Waals surface area contributed by atoms with Crippen LogP contribution in [0.15, 0.2) is 42.9 Å². The Morgan fingerprint density at radius 2 is 1.96 bits per heavy atom. The van der Waals surface area contributed by atoms with Crippen LogP contribution in [0.1, 0.15) is 0 Å². The molecule has 0 aliphatic rings. The maximum Gasteiger partial charge on any atom is 0.160 e. The number of aromatic nitrogens is 4. The fraction of sp³-hybridized carbons (Fsp3) is 0.353. The molecule has 0 aliphatic carbocycles. The number of rotatable bonds is 6. The monoisotopic (exact) mass is 326 g/mol. The quantitative estimate of drug-likeness (QED) is 0.510. The molecule has 0 N–H and O–H groups in total. The van der Waals surface area contributed by atoms with Gasteiger partial charge in [0.25, 0.3) is 0 Å². The van der Waals surface area contributed by atoms with Gasteiger partial charge in [0.1, 0.15) is 12.4 Å². The van der Waals surface area contributed by atoms with E-state index in [1.807, 2.05) is 35.0 Å². The number of pyridine rings is 2. The SMILES string of the molecule is C[Si](C)(C)CCOCn1ccnc1-c1ccc2cccnc2n1. The van der Waals surface area contributed by atoms with Crippen LogP contribution in [0, 0.1) is 0 Å². The lowest BCUT2D eigenvalue weighted by atomic mass is 10.2. The third-order valence-corrected chi connectivity index (χ3v) is 5.34. The molecule has 6 heteroatoms. The fourth-order valence-corrected chi connectivity index (χ4v) is 3.02.